The van der Waals surface area contributed by atoms with E-state index in [4.69, 9.17) is 0 Å². The van der Waals surface area contributed by atoms with E-state index in [-0.39, 0.29) is 6.03 Å². The fourth-order valence-electron chi connectivity index (χ4n) is 3.80. The van der Waals surface area contributed by atoms with Crippen LogP contribution in [0.2, 0.25) is 0 Å². The molecule has 2 aliphatic heterocycles. The summed E-state index contributed by atoms with van der Waals surface area (Å²) in [5, 5.41) is 5.33. The van der Waals surface area contributed by atoms with Crippen LogP contribution in [0, 0.1) is 11.8 Å². The minimum absolute atomic E-state index is 0.145. The van der Waals surface area contributed by atoms with E-state index in [1.807, 2.05) is 16.2 Å². The Morgan fingerprint density at radius 3 is 2.96 bits per heavy atom. The van der Waals surface area contributed by atoms with Crippen molar-refractivity contribution >= 4 is 17.4 Å². The predicted octanol–water partition coefficient (Wildman–Crippen LogP) is 3.40. The van der Waals surface area contributed by atoms with Crippen molar-refractivity contribution < 1.29 is 4.79 Å². The number of nitrogens with one attached hydrogen (secondary N) is 1. The zero-order valence-corrected chi connectivity index (χ0v) is 15.0. The maximum atomic E-state index is 12.3. The molecule has 0 aromatic carbocycles. The van der Waals surface area contributed by atoms with Crippen LogP contribution in [0.5, 0.6) is 0 Å². The van der Waals surface area contributed by atoms with E-state index in [9.17, 15) is 4.79 Å². The molecule has 0 saturated carbocycles. The van der Waals surface area contributed by atoms with Crippen molar-refractivity contribution in [3.63, 3.8) is 0 Å². The van der Waals surface area contributed by atoms with Gasteiger partial charge in [0.05, 0.1) is 0 Å². The summed E-state index contributed by atoms with van der Waals surface area (Å²) in [7, 11) is 0. The van der Waals surface area contributed by atoms with E-state index >= 15 is 0 Å². The first-order valence-electron chi connectivity index (χ1n) is 8.98. The maximum absolute atomic E-state index is 12.3. The van der Waals surface area contributed by atoms with Crippen molar-refractivity contribution in [1.29, 1.82) is 0 Å². The molecule has 1 N–H and O–H groups in total. The molecular formula is C18H29N3OS. The van der Waals surface area contributed by atoms with Gasteiger partial charge in [-0.05, 0) is 55.5 Å². The van der Waals surface area contributed by atoms with Crippen molar-refractivity contribution in [3.05, 3.63) is 22.4 Å². The number of hydrogen-bond acceptors (Lipinski definition) is 3. The second-order valence-corrected chi connectivity index (χ2v) is 8.23. The Morgan fingerprint density at radius 1 is 1.30 bits per heavy atom. The topological polar surface area (TPSA) is 35.6 Å². The van der Waals surface area contributed by atoms with Gasteiger partial charge in [-0.15, -0.1) is 11.3 Å². The van der Waals surface area contributed by atoms with Gasteiger partial charge >= 0.3 is 6.03 Å². The van der Waals surface area contributed by atoms with Crippen LogP contribution in [0.25, 0.3) is 0 Å². The molecule has 0 aliphatic carbocycles. The highest BCUT2D eigenvalue weighted by Gasteiger charge is 2.24. The molecule has 23 heavy (non-hydrogen) atoms. The number of thiophene rings is 1. The molecular weight excluding hydrogens is 306 g/mol. The third kappa shape index (κ3) is 4.95. The molecule has 0 bridgehead atoms. The number of carbonyl (C=O) groups is 1. The van der Waals surface area contributed by atoms with Gasteiger partial charge < -0.3 is 10.2 Å². The molecule has 0 spiro atoms. The Morgan fingerprint density at radius 2 is 2.17 bits per heavy atom. The van der Waals surface area contributed by atoms with Crippen molar-refractivity contribution in [1.82, 2.24) is 15.1 Å². The van der Waals surface area contributed by atoms with E-state index in [0.29, 0.717) is 11.8 Å². The van der Waals surface area contributed by atoms with Crippen molar-refractivity contribution in [2.45, 2.75) is 39.2 Å². The zero-order valence-electron chi connectivity index (χ0n) is 14.2. The number of hydrogen-bond donors (Lipinski definition) is 1. The number of nitrogens with zero attached hydrogens (tertiary/aromatic N) is 2. The summed E-state index contributed by atoms with van der Waals surface area (Å²) in [5.41, 5.74) is 0. The molecule has 2 amide bonds. The monoisotopic (exact) mass is 335 g/mol. The Kier molecular flexibility index (Phi) is 5.95. The lowest BCUT2D eigenvalue weighted by molar-refractivity contribution is 0.152. The summed E-state index contributed by atoms with van der Waals surface area (Å²) in [4.78, 5) is 18.3. The van der Waals surface area contributed by atoms with Crippen LogP contribution in [-0.4, -0.2) is 48.6 Å². The molecule has 3 rings (SSSR count). The van der Waals surface area contributed by atoms with Crippen molar-refractivity contribution in [2.24, 2.45) is 11.8 Å². The van der Waals surface area contributed by atoms with Gasteiger partial charge in [0.15, 0.2) is 0 Å². The standard InChI is InChI=1S/C18H29N3OS/c1-15-5-2-9-21(12-15)18(22)19-11-16-6-3-8-20(13-16)14-17-7-4-10-23-17/h4,7,10,15-16H,2-3,5-6,8-9,11-14H2,1H3,(H,19,22). The summed E-state index contributed by atoms with van der Waals surface area (Å²) in [5.74, 6) is 1.24. The maximum Gasteiger partial charge on any atom is 0.317 e. The lowest BCUT2D eigenvalue weighted by atomic mass is 9.98. The molecule has 2 saturated heterocycles. The largest absolute Gasteiger partial charge is 0.338 e. The van der Waals surface area contributed by atoms with Crippen LogP contribution >= 0.6 is 11.3 Å². The molecule has 4 nitrogen and oxygen atoms in total. The van der Waals surface area contributed by atoms with Crippen LogP contribution < -0.4 is 5.32 Å². The molecule has 2 fully saturated rings. The minimum Gasteiger partial charge on any atom is -0.338 e. The van der Waals surface area contributed by atoms with E-state index in [2.05, 4.69) is 34.7 Å². The van der Waals surface area contributed by atoms with Crippen molar-refractivity contribution in [3.8, 4) is 0 Å². The number of urea groups is 1. The normalized spacial score (nSPS) is 26.2. The number of rotatable bonds is 4. The van der Waals surface area contributed by atoms with Gasteiger partial charge in [0.2, 0.25) is 0 Å². The molecule has 2 aliphatic rings. The molecule has 1 aromatic rings. The Hall–Kier alpha value is -1.07. The van der Waals surface area contributed by atoms with Gasteiger partial charge in [0.25, 0.3) is 0 Å². The van der Waals surface area contributed by atoms with Gasteiger partial charge in [-0.2, -0.15) is 0 Å². The number of amides is 2. The number of likely N-dealkylation sites (tertiary alicyclic amines) is 2. The lowest BCUT2D eigenvalue weighted by Crippen LogP contribution is -2.47. The highest BCUT2D eigenvalue weighted by atomic mass is 32.1. The Bertz CT molecular complexity index is 490. The van der Waals surface area contributed by atoms with Gasteiger partial charge in [-0.25, -0.2) is 4.79 Å². The van der Waals surface area contributed by atoms with Gasteiger partial charge in [0.1, 0.15) is 0 Å². The Balaban J connectivity index is 1.41. The van der Waals surface area contributed by atoms with Crippen LogP contribution in [0.4, 0.5) is 4.79 Å². The lowest BCUT2D eigenvalue weighted by Gasteiger charge is -2.34. The molecule has 2 unspecified atom stereocenters. The molecule has 128 valence electrons. The quantitative estimate of drug-likeness (QED) is 0.915. The average Bonchev–Trinajstić information content (AvgIpc) is 3.06. The van der Waals surface area contributed by atoms with Crippen LogP contribution in [-0.2, 0) is 6.54 Å². The van der Waals surface area contributed by atoms with Gasteiger partial charge in [-0.1, -0.05) is 13.0 Å². The van der Waals surface area contributed by atoms with E-state index in [1.165, 1.54) is 30.7 Å². The Labute approximate surface area is 143 Å². The molecule has 2 atom stereocenters. The summed E-state index contributed by atoms with van der Waals surface area (Å²) >= 11 is 1.84. The third-order valence-corrected chi connectivity index (χ3v) is 5.91. The fraction of sp³-hybridized carbons (Fsp3) is 0.722. The number of piperidine rings is 2. The predicted molar refractivity (Wildman–Crippen MR) is 95.7 cm³/mol. The third-order valence-electron chi connectivity index (χ3n) is 5.05. The second-order valence-electron chi connectivity index (χ2n) is 7.20. The second kappa shape index (κ2) is 8.15. The SMILES string of the molecule is CC1CCCN(C(=O)NCC2CCCN(Cc3cccs3)C2)C1. The summed E-state index contributed by atoms with van der Waals surface area (Å²) in [6, 6.07) is 4.49. The minimum atomic E-state index is 0.145. The first kappa shape index (κ1) is 16.8. The van der Waals surface area contributed by atoms with Gasteiger partial charge in [-0.3, -0.25) is 4.90 Å². The van der Waals surface area contributed by atoms with E-state index in [0.717, 1.165) is 39.1 Å². The summed E-state index contributed by atoms with van der Waals surface area (Å²) in [6.07, 6.45) is 4.88. The summed E-state index contributed by atoms with van der Waals surface area (Å²) in [6.45, 7) is 8.26. The highest BCUT2D eigenvalue weighted by Crippen LogP contribution is 2.20. The van der Waals surface area contributed by atoms with E-state index < -0.39 is 0 Å². The zero-order chi connectivity index (χ0) is 16.1. The van der Waals surface area contributed by atoms with E-state index in [1.54, 1.807) is 0 Å². The van der Waals surface area contributed by atoms with Gasteiger partial charge in [0, 0.05) is 37.6 Å². The first-order chi connectivity index (χ1) is 11.2. The molecule has 0 radical (unpaired) electrons. The fourth-order valence-corrected chi connectivity index (χ4v) is 4.55. The van der Waals surface area contributed by atoms with Crippen LogP contribution in [0.15, 0.2) is 17.5 Å². The molecule has 3 heterocycles. The average molecular weight is 336 g/mol. The molecule has 5 heteroatoms. The summed E-state index contributed by atoms with van der Waals surface area (Å²) < 4.78 is 0. The smallest absolute Gasteiger partial charge is 0.317 e. The number of carbonyl (C=O) groups excluding carboxylic acids is 1. The van der Waals surface area contributed by atoms with Crippen LogP contribution in [0.3, 0.4) is 0 Å². The highest BCUT2D eigenvalue weighted by molar-refractivity contribution is 7.09. The van der Waals surface area contributed by atoms with Crippen LogP contribution in [0.1, 0.15) is 37.5 Å². The molecule has 1 aromatic heterocycles. The van der Waals surface area contributed by atoms with Crippen molar-refractivity contribution in [2.75, 3.05) is 32.7 Å². The first-order valence-corrected chi connectivity index (χ1v) is 9.86.